The third-order valence-electron chi connectivity index (χ3n) is 3.28. The van der Waals surface area contributed by atoms with Crippen molar-refractivity contribution < 1.29 is 0 Å². The summed E-state index contributed by atoms with van der Waals surface area (Å²) < 4.78 is 2.46. The molecule has 1 heterocycles. The van der Waals surface area contributed by atoms with Crippen LogP contribution in [0.3, 0.4) is 0 Å². The molecule has 0 N–H and O–H groups in total. The summed E-state index contributed by atoms with van der Waals surface area (Å²) in [6.07, 6.45) is 3.50. The lowest BCUT2D eigenvalue weighted by atomic mass is 9.92. The van der Waals surface area contributed by atoms with Gasteiger partial charge in [-0.3, -0.25) is 0 Å². The Balaban J connectivity index is 2.78. The molecule has 15 heavy (non-hydrogen) atoms. The highest BCUT2D eigenvalue weighted by Crippen LogP contribution is 2.21. The van der Waals surface area contributed by atoms with Crippen molar-refractivity contribution in [1.29, 1.82) is 0 Å². The fraction of sp³-hybridized carbons (Fsp3) is 0.571. The molecule has 1 aliphatic rings. The van der Waals surface area contributed by atoms with Crippen molar-refractivity contribution >= 4 is 11.6 Å². The predicted molar refractivity (Wildman–Crippen MR) is 66.2 cm³/mol. The van der Waals surface area contributed by atoms with Crippen molar-refractivity contribution in [2.75, 3.05) is 0 Å². The van der Waals surface area contributed by atoms with E-state index in [0.717, 1.165) is 13.0 Å². The highest BCUT2D eigenvalue weighted by Gasteiger charge is 2.20. The van der Waals surface area contributed by atoms with E-state index in [1.165, 1.54) is 21.8 Å². The normalized spacial score (nSPS) is 15.4. The van der Waals surface area contributed by atoms with Crippen molar-refractivity contribution in [2.24, 2.45) is 0 Å². The maximum atomic E-state index is 2.46. The highest BCUT2D eigenvalue weighted by molar-refractivity contribution is 5.57. The van der Waals surface area contributed by atoms with Crippen LogP contribution in [-0.2, 0) is 12.0 Å². The molecule has 0 aliphatic heterocycles. The monoisotopic (exact) mass is 203 g/mol. The van der Waals surface area contributed by atoms with Gasteiger partial charge in [-0.1, -0.05) is 32.4 Å². The first kappa shape index (κ1) is 10.5. The Kier molecular flexibility index (Phi) is 2.29. The maximum absolute atomic E-state index is 2.46. The minimum atomic E-state index is 0.245. The summed E-state index contributed by atoms with van der Waals surface area (Å²) in [5.74, 6) is 0. The van der Waals surface area contributed by atoms with E-state index < -0.39 is 0 Å². The molecule has 1 nitrogen and oxygen atoms in total. The van der Waals surface area contributed by atoms with Crippen molar-refractivity contribution in [3.63, 3.8) is 0 Å². The van der Waals surface area contributed by atoms with Crippen LogP contribution in [-0.4, -0.2) is 4.57 Å². The zero-order valence-electron chi connectivity index (χ0n) is 10.5. The fourth-order valence-corrected chi connectivity index (χ4v) is 2.45. The molecule has 0 aromatic carbocycles. The largest absolute Gasteiger partial charge is 0.345 e. The molecule has 2 rings (SSSR count). The smallest absolute Gasteiger partial charge is 0.0444 e. The average Bonchev–Trinajstić information content (AvgIpc) is 2.64. The van der Waals surface area contributed by atoms with Crippen LogP contribution in [0.4, 0.5) is 0 Å². The first-order valence-electron chi connectivity index (χ1n) is 5.85. The number of aromatic nitrogens is 1. The molecule has 0 radical (unpaired) electrons. The lowest BCUT2D eigenvalue weighted by molar-refractivity contribution is 0.521. The average molecular weight is 203 g/mol. The molecule has 1 aromatic rings. The lowest BCUT2D eigenvalue weighted by Crippen LogP contribution is -2.28. The van der Waals surface area contributed by atoms with Gasteiger partial charge in [0.05, 0.1) is 0 Å². The van der Waals surface area contributed by atoms with Crippen LogP contribution < -0.4 is 10.6 Å². The van der Waals surface area contributed by atoms with Gasteiger partial charge in [-0.25, -0.2) is 0 Å². The summed E-state index contributed by atoms with van der Waals surface area (Å²) in [6.45, 7) is 12.4. The van der Waals surface area contributed by atoms with Crippen LogP contribution in [0.15, 0.2) is 6.07 Å². The summed E-state index contributed by atoms with van der Waals surface area (Å²) in [4.78, 5) is 0. The molecular formula is C14H21N. The summed E-state index contributed by atoms with van der Waals surface area (Å²) in [5, 5.41) is 2.92. The summed E-state index contributed by atoms with van der Waals surface area (Å²) in [6, 6.07) is 2.39. The minimum absolute atomic E-state index is 0.245. The van der Waals surface area contributed by atoms with Gasteiger partial charge in [-0.2, -0.15) is 0 Å². The summed E-state index contributed by atoms with van der Waals surface area (Å²) >= 11 is 0. The third kappa shape index (κ3) is 1.54. The SMILES string of the molecule is CCn1c(C(C)(C)C)cc2c1=CCC=2C. The molecule has 1 aliphatic carbocycles. The molecular weight excluding hydrogens is 182 g/mol. The van der Waals surface area contributed by atoms with Crippen LogP contribution in [0.2, 0.25) is 0 Å². The van der Waals surface area contributed by atoms with Crippen LogP contribution in [0.25, 0.3) is 11.6 Å². The molecule has 0 bridgehead atoms. The Hall–Kier alpha value is -0.980. The van der Waals surface area contributed by atoms with E-state index in [2.05, 4.69) is 51.3 Å². The Morgan fingerprint density at radius 2 is 2.00 bits per heavy atom. The van der Waals surface area contributed by atoms with Crippen LogP contribution in [0, 0.1) is 0 Å². The zero-order valence-corrected chi connectivity index (χ0v) is 10.5. The van der Waals surface area contributed by atoms with Gasteiger partial charge in [0.2, 0.25) is 0 Å². The second-order valence-electron chi connectivity index (χ2n) is 5.51. The molecule has 0 amide bonds. The van der Waals surface area contributed by atoms with Gasteiger partial charge in [-0.05, 0) is 31.6 Å². The number of fused-ring (bicyclic) bond motifs is 1. The predicted octanol–water partition coefficient (Wildman–Crippen LogP) is 2.16. The van der Waals surface area contributed by atoms with E-state index in [1.54, 1.807) is 0 Å². The van der Waals surface area contributed by atoms with E-state index in [1.807, 2.05) is 0 Å². The van der Waals surface area contributed by atoms with Crippen molar-refractivity contribution in [3.05, 3.63) is 22.3 Å². The number of hydrogen-bond acceptors (Lipinski definition) is 0. The maximum Gasteiger partial charge on any atom is 0.0444 e. The fourth-order valence-electron chi connectivity index (χ4n) is 2.45. The minimum Gasteiger partial charge on any atom is -0.345 e. The van der Waals surface area contributed by atoms with E-state index in [9.17, 15) is 0 Å². The van der Waals surface area contributed by atoms with Crippen LogP contribution in [0.1, 0.15) is 46.7 Å². The molecule has 1 aromatic heterocycles. The summed E-state index contributed by atoms with van der Waals surface area (Å²) in [7, 11) is 0. The van der Waals surface area contributed by atoms with Gasteiger partial charge in [0.15, 0.2) is 0 Å². The molecule has 0 atom stereocenters. The van der Waals surface area contributed by atoms with Gasteiger partial charge in [0.25, 0.3) is 0 Å². The second-order valence-corrected chi connectivity index (χ2v) is 5.51. The molecule has 0 saturated heterocycles. The Morgan fingerprint density at radius 1 is 1.33 bits per heavy atom. The number of nitrogens with zero attached hydrogens (tertiary/aromatic N) is 1. The lowest BCUT2D eigenvalue weighted by Gasteiger charge is -2.21. The Labute approximate surface area is 92.1 Å². The first-order chi connectivity index (χ1) is 6.95. The second kappa shape index (κ2) is 3.26. The standard InChI is InChI=1S/C14H21N/c1-6-15-12-8-7-10(2)11(12)9-13(15)14(3,4)5/h8-9H,6-7H2,1-5H3. The van der Waals surface area contributed by atoms with E-state index in [4.69, 9.17) is 0 Å². The van der Waals surface area contributed by atoms with Gasteiger partial charge in [0, 0.05) is 23.0 Å². The van der Waals surface area contributed by atoms with E-state index in [-0.39, 0.29) is 5.41 Å². The number of hydrogen-bond donors (Lipinski definition) is 0. The number of rotatable bonds is 1. The molecule has 1 heteroatoms. The van der Waals surface area contributed by atoms with E-state index >= 15 is 0 Å². The van der Waals surface area contributed by atoms with Crippen molar-refractivity contribution in [1.82, 2.24) is 4.57 Å². The van der Waals surface area contributed by atoms with Crippen molar-refractivity contribution in [2.45, 2.75) is 53.0 Å². The van der Waals surface area contributed by atoms with Crippen molar-refractivity contribution in [3.8, 4) is 0 Å². The Bertz CT molecular complexity index is 495. The first-order valence-corrected chi connectivity index (χ1v) is 5.85. The molecule has 0 unspecified atom stereocenters. The quantitative estimate of drug-likeness (QED) is 0.659. The summed E-state index contributed by atoms with van der Waals surface area (Å²) in [5.41, 5.74) is 3.22. The molecule has 0 spiro atoms. The van der Waals surface area contributed by atoms with Gasteiger partial charge in [0.1, 0.15) is 0 Å². The zero-order chi connectivity index (χ0) is 11.2. The van der Waals surface area contributed by atoms with Crippen LogP contribution >= 0.6 is 0 Å². The van der Waals surface area contributed by atoms with Gasteiger partial charge < -0.3 is 4.57 Å². The molecule has 0 saturated carbocycles. The highest BCUT2D eigenvalue weighted by atomic mass is 15.0. The molecule has 82 valence electrons. The third-order valence-corrected chi connectivity index (χ3v) is 3.28. The van der Waals surface area contributed by atoms with Gasteiger partial charge >= 0.3 is 0 Å². The van der Waals surface area contributed by atoms with Gasteiger partial charge in [-0.15, -0.1) is 0 Å². The topological polar surface area (TPSA) is 4.93 Å². The van der Waals surface area contributed by atoms with E-state index in [0.29, 0.717) is 0 Å². The molecule has 0 fully saturated rings. The van der Waals surface area contributed by atoms with Crippen LogP contribution in [0.5, 0.6) is 0 Å². The Morgan fingerprint density at radius 3 is 2.53 bits per heavy atom.